The molecule has 0 aromatic heterocycles. The minimum atomic E-state index is -0.770. The number of amidine groups is 1. The van der Waals surface area contributed by atoms with Crippen LogP contribution in [0.3, 0.4) is 0 Å². The van der Waals surface area contributed by atoms with Crippen LogP contribution in [0, 0.1) is 12.3 Å². The molecule has 0 aliphatic carbocycles. The van der Waals surface area contributed by atoms with Gasteiger partial charge in [0.15, 0.2) is 0 Å². The maximum atomic E-state index is 12.0. The second kappa shape index (κ2) is 6.22. The number of aryl methyl sites for hydroxylation is 1. The molecule has 0 unspecified atom stereocenters. The Kier molecular flexibility index (Phi) is 4.92. The number of carbonyl (C=O) groups is 1. The van der Waals surface area contributed by atoms with E-state index in [9.17, 15) is 4.79 Å². The lowest BCUT2D eigenvalue weighted by Gasteiger charge is -2.31. The van der Waals surface area contributed by atoms with Crippen molar-refractivity contribution >= 4 is 17.6 Å². The number of nitrogens with two attached hydrogens (primary N) is 1. The Labute approximate surface area is 114 Å². The summed E-state index contributed by atoms with van der Waals surface area (Å²) in [5.74, 6) is -0.0168. The number of hydrogen-bond acceptors (Lipinski definition) is 2. The zero-order valence-electron chi connectivity index (χ0n) is 11.7. The van der Waals surface area contributed by atoms with Crippen LogP contribution in [-0.4, -0.2) is 17.4 Å². The van der Waals surface area contributed by atoms with Crippen LogP contribution in [0.25, 0.3) is 0 Å². The molecular weight excluding hydrogens is 240 g/mol. The van der Waals surface area contributed by atoms with E-state index in [0.717, 1.165) is 11.3 Å². The molecule has 0 aliphatic rings. The van der Waals surface area contributed by atoms with Crippen LogP contribution in [0.4, 0.5) is 10.5 Å². The number of amides is 2. The molecule has 1 aromatic rings. The standard InChI is InChI=1S/C14H22N4O/c1-4-14(5-2,12(15)16)18-13(19)17-11-8-6-7-10(3)9-11/h6-9H,4-5H2,1-3H3,(H3,15,16)(H2,17,18,19). The largest absolute Gasteiger partial charge is 0.386 e. The average molecular weight is 262 g/mol. The van der Waals surface area contributed by atoms with E-state index in [1.807, 2.05) is 45.0 Å². The van der Waals surface area contributed by atoms with Gasteiger partial charge in [-0.25, -0.2) is 4.79 Å². The van der Waals surface area contributed by atoms with E-state index < -0.39 is 5.54 Å². The molecule has 0 heterocycles. The molecular formula is C14H22N4O. The Bertz CT molecular complexity index is 466. The van der Waals surface area contributed by atoms with Crippen LogP contribution >= 0.6 is 0 Å². The summed E-state index contributed by atoms with van der Waals surface area (Å²) in [7, 11) is 0. The van der Waals surface area contributed by atoms with E-state index in [-0.39, 0.29) is 11.9 Å². The molecule has 5 nitrogen and oxygen atoms in total. The van der Waals surface area contributed by atoms with Gasteiger partial charge < -0.3 is 16.4 Å². The minimum Gasteiger partial charge on any atom is -0.386 e. The molecule has 0 radical (unpaired) electrons. The maximum Gasteiger partial charge on any atom is 0.320 e. The lowest BCUT2D eigenvalue weighted by molar-refractivity contribution is 0.243. The van der Waals surface area contributed by atoms with Crippen molar-refractivity contribution in [1.29, 1.82) is 5.41 Å². The summed E-state index contributed by atoms with van der Waals surface area (Å²) in [5, 5.41) is 13.2. The van der Waals surface area contributed by atoms with E-state index in [4.69, 9.17) is 11.1 Å². The number of hydrogen-bond donors (Lipinski definition) is 4. The Hall–Kier alpha value is -2.04. The predicted octanol–water partition coefficient (Wildman–Crippen LogP) is 2.61. The SMILES string of the molecule is CCC(CC)(NC(=O)Nc1cccc(C)c1)C(=N)N. The smallest absolute Gasteiger partial charge is 0.320 e. The summed E-state index contributed by atoms with van der Waals surface area (Å²) in [6.07, 6.45) is 1.17. The average Bonchev–Trinajstić information content (AvgIpc) is 2.35. The van der Waals surface area contributed by atoms with Gasteiger partial charge in [0.1, 0.15) is 5.84 Å². The summed E-state index contributed by atoms with van der Waals surface area (Å²) in [6, 6.07) is 7.20. The molecule has 1 aromatic carbocycles. The van der Waals surface area contributed by atoms with Gasteiger partial charge in [0.25, 0.3) is 0 Å². The van der Waals surface area contributed by atoms with Gasteiger partial charge in [-0.3, -0.25) is 5.41 Å². The van der Waals surface area contributed by atoms with E-state index in [0.29, 0.717) is 12.8 Å². The van der Waals surface area contributed by atoms with Crippen molar-refractivity contribution in [3.05, 3.63) is 29.8 Å². The molecule has 0 atom stereocenters. The number of carbonyl (C=O) groups excluding carboxylic acids is 1. The molecule has 0 saturated carbocycles. The van der Waals surface area contributed by atoms with Gasteiger partial charge in [-0.05, 0) is 37.5 Å². The number of rotatable bonds is 5. The lowest BCUT2D eigenvalue weighted by atomic mass is 9.92. The molecule has 104 valence electrons. The Balaban J connectivity index is 2.76. The van der Waals surface area contributed by atoms with E-state index in [2.05, 4.69) is 10.6 Å². The summed E-state index contributed by atoms with van der Waals surface area (Å²) in [6.45, 7) is 5.76. The van der Waals surface area contributed by atoms with Gasteiger partial charge in [-0.1, -0.05) is 26.0 Å². The van der Waals surface area contributed by atoms with Crippen LogP contribution in [0.2, 0.25) is 0 Å². The maximum absolute atomic E-state index is 12.0. The lowest BCUT2D eigenvalue weighted by Crippen LogP contribution is -2.57. The highest BCUT2D eigenvalue weighted by Crippen LogP contribution is 2.16. The van der Waals surface area contributed by atoms with Crippen molar-refractivity contribution in [2.45, 2.75) is 39.2 Å². The van der Waals surface area contributed by atoms with Gasteiger partial charge in [0.05, 0.1) is 5.54 Å². The van der Waals surface area contributed by atoms with Crippen LogP contribution in [0.15, 0.2) is 24.3 Å². The molecule has 5 N–H and O–H groups in total. The molecule has 0 spiro atoms. The van der Waals surface area contributed by atoms with Crippen molar-refractivity contribution in [2.75, 3.05) is 5.32 Å². The van der Waals surface area contributed by atoms with Gasteiger partial charge >= 0.3 is 6.03 Å². The van der Waals surface area contributed by atoms with Crippen molar-refractivity contribution in [3.8, 4) is 0 Å². The van der Waals surface area contributed by atoms with Gasteiger partial charge in [-0.2, -0.15) is 0 Å². The Morgan fingerprint density at radius 3 is 2.47 bits per heavy atom. The third-order valence-corrected chi connectivity index (χ3v) is 3.35. The first kappa shape index (κ1) is 15.0. The second-order valence-electron chi connectivity index (χ2n) is 4.65. The van der Waals surface area contributed by atoms with Crippen molar-refractivity contribution in [3.63, 3.8) is 0 Å². The van der Waals surface area contributed by atoms with Crippen LogP contribution in [-0.2, 0) is 0 Å². The topological polar surface area (TPSA) is 91.0 Å². The number of benzene rings is 1. The Morgan fingerprint density at radius 2 is 2.00 bits per heavy atom. The fraction of sp³-hybridized carbons (Fsp3) is 0.429. The third kappa shape index (κ3) is 3.71. The molecule has 0 bridgehead atoms. The molecule has 2 amide bonds. The fourth-order valence-corrected chi connectivity index (χ4v) is 1.98. The zero-order chi connectivity index (χ0) is 14.5. The van der Waals surface area contributed by atoms with Crippen LogP contribution < -0.4 is 16.4 Å². The molecule has 0 saturated heterocycles. The van der Waals surface area contributed by atoms with Crippen LogP contribution in [0.1, 0.15) is 32.3 Å². The minimum absolute atomic E-state index is 0.0168. The van der Waals surface area contributed by atoms with Crippen molar-refractivity contribution < 1.29 is 4.79 Å². The fourth-order valence-electron chi connectivity index (χ4n) is 1.98. The van der Waals surface area contributed by atoms with Gasteiger partial charge in [0, 0.05) is 5.69 Å². The summed E-state index contributed by atoms with van der Waals surface area (Å²) < 4.78 is 0. The predicted molar refractivity (Wildman–Crippen MR) is 78.6 cm³/mol. The highest BCUT2D eigenvalue weighted by molar-refractivity contribution is 5.96. The molecule has 5 heteroatoms. The summed E-state index contributed by atoms with van der Waals surface area (Å²) in [4.78, 5) is 12.0. The van der Waals surface area contributed by atoms with Gasteiger partial charge in [-0.15, -0.1) is 0 Å². The first-order valence-corrected chi connectivity index (χ1v) is 6.44. The van der Waals surface area contributed by atoms with E-state index in [1.165, 1.54) is 0 Å². The monoisotopic (exact) mass is 262 g/mol. The molecule has 19 heavy (non-hydrogen) atoms. The van der Waals surface area contributed by atoms with Crippen molar-refractivity contribution in [2.24, 2.45) is 5.73 Å². The number of urea groups is 1. The summed E-state index contributed by atoms with van der Waals surface area (Å²) in [5.41, 5.74) is 6.62. The molecule has 0 aliphatic heterocycles. The first-order chi connectivity index (χ1) is 8.93. The third-order valence-electron chi connectivity index (χ3n) is 3.35. The first-order valence-electron chi connectivity index (χ1n) is 6.44. The zero-order valence-corrected chi connectivity index (χ0v) is 11.7. The quantitative estimate of drug-likeness (QED) is 0.485. The van der Waals surface area contributed by atoms with E-state index >= 15 is 0 Å². The molecule has 0 fully saturated rings. The second-order valence-corrected chi connectivity index (χ2v) is 4.65. The van der Waals surface area contributed by atoms with Crippen LogP contribution in [0.5, 0.6) is 0 Å². The highest BCUT2D eigenvalue weighted by Gasteiger charge is 2.31. The van der Waals surface area contributed by atoms with Gasteiger partial charge in [0.2, 0.25) is 0 Å². The highest BCUT2D eigenvalue weighted by atomic mass is 16.2. The van der Waals surface area contributed by atoms with E-state index in [1.54, 1.807) is 0 Å². The number of nitrogens with one attached hydrogen (secondary N) is 3. The number of anilines is 1. The molecule has 1 rings (SSSR count). The Morgan fingerprint density at radius 1 is 1.37 bits per heavy atom. The normalized spacial score (nSPS) is 10.9. The summed E-state index contributed by atoms with van der Waals surface area (Å²) >= 11 is 0. The van der Waals surface area contributed by atoms with Crippen molar-refractivity contribution in [1.82, 2.24) is 5.32 Å².